The molecule has 0 aromatic rings. The van der Waals surface area contributed by atoms with Gasteiger partial charge in [0.1, 0.15) is 0 Å². The van der Waals surface area contributed by atoms with Gasteiger partial charge in [-0.3, -0.25) is 4.79 Å². The quantitative estimate of drug-likeness (QED) is 0.749. The van der Waals surface area contributed by atoms with Crippen LogP contribution < -0.4 is 0 Å². The Morgan fingerprint density at radius 3 is 2.94 bits per heavy atom. The number of allylic oxidation sites excluding steroid dienone is 4. The van der Waals surface area contributed by atoms with Gasteiger partial charge >= 0.3 is 5.97 Å². The summed E-state index contributed by atoms with van der Waals surface area (Å²) in [4.78, 5) is 11.3. The van der Waals surface area contributed by atoms with Crippen LogP contribution in [0.3, 0.4) is 0 Å². The second-order valence-corrected chi connectivity index (χ2v) is 4.19. The first-order valence-corrected chi connectivity index (χ1v) is 5.71. The van der Waals surface area contributed by atoms with Gasteiger partial charge in [0.2, 0.25) is 0 Å². The predicted octanol–water partition coefficient (Wildman–Crippen LogP) is 2.59. The van der Waals surface area contributed by atoms with E-state index in [0.717, 1.165) is 12.0 Å². The number of hydrogen-bond donors (Lipinski definition) is 1. The summed E-state index contributed by atoms with van der Waals surface area (Å²) < 4.78 is 10.3. The molecule has 0 bridgehead atoms. The molecule has 0 spiro atoms. The Morgan fingerprint density at radius 1 is 1.53 bits per heavy atom. The average molecular weight is 236 g/mol. The molecule has 1 aliphatic carbocycles. The lowest BCUT2D eigenvalue weighted by Crippen LogP contribution is -2.25. The van der Waals surface area contributed by atoms with Crippen molar-refractivity contribution in [2.75, 3.05) is 7.11 Å². The van der Waals surface area contributed by atoms with Crippen LogP contribution in [0, 0.1) is 5.92 Å². The molecule has 1 heterocycles. The van der Waals surface area contributed by atoms with Crippen molar-refractivity contribution >= 4 is 5.97 Å². The summed E-state index contributed by atoms with van der Waals surface area (Å²) in [5, 5.41) is 10.0. The molecule has 0 amide bonds. The Kier molecular flexibility index (Phi) is 3.22. The Bertz CT molecular complexity index is 429. The van der Waals surface area contributed by atoms with Crippen LogP contribution in [0.25, 0.3) is 0 Å². The fourth-order valence-corrected chi connectivity index (χ4v) is 2.28. The zero-order chi connectivity index (χ0) is 12.4. The van der Waals surface area contributed by atoms with Gasteiger partial charge in [-0.15, -0.1) is 0 Å². The zero-order valence-electron chi connectivity index (χ0n) is 10.0. The van der Waals surface area contributed by atoms with Gasteiger partial charge in [0.15, 0.2) is 17.3 Å². The van der Waals surface area contributed by atoms with Gasteiger partial charge < -0.3 is 14.6 Å². The minimum Gasteiger partial charge on any atom is -0.504 e. The Morgan fingerprint density at radius 2 is 2.29 bits per heavy atom. The van der Waals surface area contributed by atoms with Crippen molar-refractivity contribution in [1.82, 2.24) is 0 Å². The monoisotopic (exact) mass is 236 g/mol. The number of carbonyl (C=O) groups is 1. The van der Waals surface area contributed by atoms with Crippen LogP contribution in [0.1, 0.15) is 26.2 Å². The van der Waals surface area contributed by atoms with E-state index in [1.807, 2.05) is 19.1 Å². The molecule has 0 saturated carbocycles. The lowest BCUT2D eigenvalue weighted by molar-refractivity contribution is -0.144. The number of ether oxygens (including phenoxy) is 2. The molecule has 92 valence electrons. The van der Waals surface area contributed by atoms with E-state index in [1.165, 1.54) is 7.11 Å². The van der Waals surface area contributed by atoms with Gasteiger partial charge in [0.25, 0.3) is 0 Å². The summed E-state index contributed by atoms with van der Waals surface area (Å²) in [5.41, 5.74) is 0.830. The minimum atomic E-state index is -0.256. The summed E-state index contributed by atoms with van der Waals surface area (Å²) in [7, 11) is 1.47. The third-order valence-corrected chi connectivity index (χ3v) is 3.07. The van der Waals surface area contributed by atoms with Gasteiger partial charge in [-0.25, -0.2) is 0 Å². The molecule has 1 unspecified atom stereocenters. The van der Waals surface area contributed by atoms with Crippen LogP contribution in [0.5, 0.6) is 0 Å². The van der Waals surface area contributed by atoms with E-state index in [0.29, 0.717) is 24.4 Å². The van der Waals surface area contributed by atoms with Gasteiger partial charge in [-0.1, -0.05) is 12.2 Å². The lowest BCUT2D eigenvalue weighted by atomic mass is 9.85. The molecular weight excluding hydrogens is 220 g/mol. The maximum Gasteiger partial charge on any atom is 0.311 e. The summed E-state index contributed by atoms with van der Waals surface area (Å²) in [6.45, 7) is 1.90. The maximum absolute atomic E-state index is 11.3. The fourth-order valence-electron chi connectivity index (χ4n) is 2.28. The molecule has 2 aliphatic rings. The van der Waals surface area contributed by atoms with Crippen molar-refractivity contribution in [3.05, 3.63) is 35.0 Å². The number of hydrogen-bond acceptors (Lipinski definition) is 4. The van der Waals surface area contributed by atoms with E-state index in [-0.39, 0.29) is 17.6 Å². The first-order valence-electron chi connectivity index (χ1n) is 5.71. The van der Waals surface area contributed by atoms with Gasteiger partial charge in [0, 0.05) is 12.3 Å². The second kappa shape index (κ2) is 4.65. The molecule has 4 heteroatoms. The van der Waals surface area contributed by atoms with Crippen molar-refractivity contribution in [1.29, 1.82) is 0 Å². The molecule has 4 nitrogen and oxygen atoms in total. The molecular formula is C13H16O4. The highest BCUT2D eigenvalue weighted by molar-refractivity contribution is 5.72. The zero-order valence-corrected chi connectivity index (χ0v) is 10.0. The maximum atomic E-state index is 11.3. The molecule has 1 fully saturated rings. The molecule has 17 heavy (non-hydrogen) atoms. The summed E-state index contributed by atoms with van der Waals surface area (Å²) in [6, 6.07) is 0. The largest absolute Gasteiger partial charge is 0.504 e. The van der Waals surface area contributed by atoms with E-state index in [4.69, 9.17) is 9.47 Å². The van der Waals surface area contributed by atoms with Gasteiger partial charge in [0.05, 0.1) is 7.11 Å². The highest BCUT2D eigenvalue weighted by Gasteiger charge is 2.35. The average Bonchev–Trinajstić information content (AvgIpc) is 2.31. The molecule has 1 atom stereocenters. The van der Waals surface area contributed by atoms with Crippen LogP contribution in [0.2, 0.25) is 0 Å². The normalized spacial score (nSPS) is 25.1. The van der Waals surface area contributed by atoms with E-state index in [1.54, 1.807) is 0 Å². The second-order valence-electron chi connectivity index (χ2n) is 4.19. The lowest BCUT2D eigenvalue weighted by Gasteiger charge is -2.30. The summed E-state index contributed by atoms with van der Waals surface area (Å²) >= 11 is 0. The summed E-state index contributed by atoms with van der Waals surface area (Å²) in [6.07, 6.45) is 5.59. The number of esters is 1. The van der Waals surface area contributed by atoms with E-state index >= 15 is 0 Å². The van der Waals surface area contributed by atoms with Crippen LogP contribution in [-0.2, 0) is 14.3 Å². The first kappa shape index (κ1) is 11.8. The number of carbonyl (C=O) groups excluding carboxylic acids is 1. The number of fused-ring (bicyclic) bond motifs is 1. The molecule has 0 radical (unpaired) electrons. The van der Waals surface area contributed by atoms with Crippen molar-refractivity contribution in [3.63, 3.8) is 0 Å². The SMILES string of the molecule is C/C=C\C1=C(O)C(OC)=C2OC(=O)CCC2C1. The molecule has 1 saturated heterocycles. The minimum absolute atomic E-state index is 0.0755. The fraction of sp³-hybridized carbons (Fsp3) is 0.462. The molecule has 1 N–H and O–H groups in total. The number of methoxy groups -OCH3 is 1. The van der Waals surface area contributed by atoms with Crippen LogP contribution >= 0.6 is 0 Å². The van der Waals surface area contributed by atoms with Crippen LogP contribution in [-0.4, -0.2) is 18.2 Å². The van der Waals surface area contributed by atoms with E-state index in [2.05, 4.69) is 0 Å². The number of aliphatic hydroxyl groups excluding tert-OH is 1. The smallest absolute Gasteiger partial charge is 0.311 e. The van der Waals surface area contributed by atoms with E-state index in [9.17, 15) is 9.90 Å². The van der Waals surface area contributed by atoms with Crippen molar-refractivity contribution < 1.29 is 19.4 Å². The number of rotatable bonds is 2. The summed E-state index contributed by atoms with van der Waals surface area (Å²) in [5.74, 6) is 0.723. The van der Waals surface area contributed by atoms with E-state index < -0.39 is 0 Å². The van der Waals surface area contributed by atoms with Gasteiger partial charge in [-0.2, -0.15) is 0 Å². The van der Waals surface area contributed by atoms with Crippen molar-refractivity contribution in [2.24, 2.45) is 5.92 Å². The third kappa shape index (κ3) is 2.07. The predicted molar refractivity (Wildman–Crippen MR) is 61.9 cm³/mol. The molecule has 1 aliphatic heterocycles. The molecule has 0 aromatic carbocycles. The Balaban J connectivity index is 2.43. The highest BCUT2D eigenvalue weighted by atomic mass is 16.6. The molecule has 2 rings (SSSR count). The Labute approximate surface area is 100 Å². The highest BCUT2D eigenvalue weighted by Crippen LogP contribution is 2.40. The topological polar surface area (TPSA) is 55.8 Å². The first-order chi connectivity index (χ1) is 8.17. The van der Waals surface area contributed by atoms with Crippen molar-refractivity contribution in [3.8, 4) is 0 Å². The van der Waals surface area contributed by atoms with Crippen LogP contribution in [0.4, 0.5) is 0 Å². The Hall–Kier alpha value is -1.71. The standard InChI is InChI=1S/C13H16O4/c1-3-4-8-7-9-5-6-10(14)17-12(9)13(16-2)11(8)15/h3-4,9,15H,5-7H2,1-2H3/b4-3-. The number of aliphatic hydroxyl groups is 1. The third-order valence-electron chi connectivity index (χ3n) is 3.07. The molecule has 0 aromatic heterocycles. The van der Waals surface area contributed by atoms with Crippen molar-refractivity contribution in [2.45, 2.75) is 26.2 Å². The van der Waals surface area contributed by atoms with Crippen LogP contribution in [0.15, 0.2) is 35.0 Å². The van der Waals surface area contributed by atoms with Gasteiger partial charge in [-0.05, 0) is 25.3 Å².